The van der Waals surface area contributed by atoms with Gasteiger partial charge in [0.2, 0.25) is 5.88 Å². The lowest BCUT2D eigenvalue weighted by Crippen LogP contribution is -2.45. The molecule has 2 N–H and O–H groups in total. The lowest BCUT2D eigenvalue weighted by atomic mass is 10.1. The van der Waals surface area contributed by atoms with Gasteiger partial charge in [-0.25, -0.2) is 23.1 Å². The number of ether oxygens (including phenoxy) is 1. The Morgan fingerprint density at radius 1 is 1.13 bits per heavy atom. The number of nitrogens with zero attached hydrogens (tertiary/aromatic N) is 3. The molecule has 7 nitrogen and oxygen atoms in total. The van der Waals surface area contributed by atoms with Crippen molar-refractivity contribution in [3.63, 3.8) is 0 Å². The highest BCUT2D eigenvalue weighted by Crippen LogP contribution is 2.27. The molecule has 1 aromatic carbocycles. The van der Waals surface area contributed by atoms with E-state index in [0.717, 1.165) is 43.4 Å². The molecule has 154 valence electrons. The minimum atomic E-state index is -0.989. The molecule has 0 unspecified atom stereocenters. The highest BCUT2D eigenvalue weighted by atomic mass is 19.1. The maximum atomic E-state index is 14.2. The first kappa shape index (κ1) is 19.8. The fourth-order valence-electron chi connectivity index (χ4n) is 2.84. The highest BCUT2D eigenvalue weighted by Gasteiger charge is 2.21. The summed E-state index contributed by atoms with van der Waals surface area (Å²) in [6, 6.07) is 5.14. The molecular formula is C20H16F3N5O2. The van der Waals surface area contributed by atoms with E-state index in [1.54, 1.807) is 0 Å². The van der Waals surface area contributed by atoms with Crippen LogP contribution in [0.2, 0.25) is 0 Å². The van der Waals surface area contributed by atoms with Gasteiger partial charge in [0.25, 0.3) is 5.91 Å². The fourth-order valence-corrected chi connectivity index (χ4v) is 2.84. The molecule has 4 rings (SSSR count). The summed E-state index contributed by atoms with van der Waals surface area (Å²) in [5.74, 6) is -3.16. The lowest BCUT2D eigenvalue weighted by Gasteiger charge is -2.26. The molecule has 0 aliphatic carbocycles. The monoisotopic (exact) mass is 415 g/mol. The minimum absolute atomic E-state index is 0.174. The van der Waals surface area contributed by atoms with Crippen LogP contribution in [-0.2, 0) is 0 Å². The van der Waals surface area contributed by atoms with Gasteiger partial charge >= 0.3 is 0 Å². The molecule has 1 aliphatic heterocycles. The highest BCUT2D eigenvalue weighted by molar-refractivity contribution is 6.03. The normalized spacial score (nSPS) is 13.6. The Labute approximate surface area is 169 Å². The Bertz CT molecular complexity index is 1070. The molecule has 0 bridgehead atoms. The number of aromatic nitrogens is 3. The van der Waals surface area contributed by atoms with Gasteiger partial charge in [-0.2, -0.15) is 4.98 Å². The first-order valence-corrected chi connectivity index (χ1v) is 9.08. The van der Waals surface area contributed by atoms with Crippen LogP contribution in [0, 0.1) is 23.4 Å². The lowest BCUT2D eigenvalue weighted by molar-refractivity contribution is 0.102. The summed E-state index contributed by atoms with van der Waals surface area (Å²) < 4.78 is 47.9. The zero-order valence-corrected chi connectivity index (χ0v) is 15.5. The van der Waals surface area contributed by atoms with Crippen LogP contribution in [0.3, 0.4) is 0 Å². The number of amides is 1. The van der Waals surface area contributed by atoms with E-state index in [2.05, 4.69) is 25.6 Å². The van der Waals surface area contributed by atoms with Gasteiger partial charge in [0, 0.05) is 19.0 Å². The summed E-state index contributed by atoms with van der Waals surface area (Å²) >= 11 is 0. The number of hydrogen-bond acceptors (Lipinski definition) is 6. The maximum absolute atomic E-state index is 14.2. The van der Waals surface area contributed by atoms with E-state index in [-0.39, 0.29) is 17.3 Å². The molecule has 1 aliphatic rings. The van der Waals surface area contributed by atoms with E-state index in [4.69, 9.17) is 4.74 Å². The summed E-state index contributed by atoms with van der Waals surface area (Å²) in [7, 11) is 0. The summed E-state index contributed by atoms with van der Waals surface area (Å²) in [6.45, 7) is 2.09. The van der Waals surface area contributed by atoms with E-state index in [9.17, 15) is 18.0 Å². The van der Waals surface area contributed by atoms with Gasteiger partial charge in [-0.05, 0) is 24.3 Å². The number of nitrogens with one attached hydrogen (secondary N) is 2. The molecule has 1 amide bonds. The van der Waals surface area contributed by atoms with E-state index in [1.807, 2.05) is 0 Å². The van der Waals surface area contributed by atoms with Crippen LogP contribution in [-0.4, -0.2) is 40.6 Å². The average molecular weight is 415 g/mol. The van der Waals surface area contributed by atoms with Crippen LogP contribution in [0.15, 0.2) is 42.9 Å². The second-order valence-corrected chi connectivity index (χ2v) is 6.65. The molecule has 3 aromatic rings. The molecule has 2 aromatic heterocycles. The number of carbonyl (C=O) groups is 1. The smallest absolute Gasteiger partial charge is 0.274 e. The van der Waals surface area contributed by atoms with Gasteiger partial charge in [0.15, 0.2) is 0 Å². The van der Waals surface area contributed by atoms with Crippen LogP contribution < -0.4 is 15.4 Å². The number of rotatable bonds is 6. The molecular weight excluding hydrogens is 399 g/mol. The minimum Gasteiger partial charge on any atom is -0.476 e. The fraction of sp³-hybridized carbons (Fsp3) is 0.200. The molecule has 0 radical (unpaired) electrons. The average Bonchev–Trinajstić information content (AvgIpc) is 2.69. The van der Waals surface area contributed by atoms with Crippen molar-refractivity contribution in [2.24, 2.45) is 5.92 Å². The molecule has 10 heteroatoms. The number of anilines is 1. The zero-order valence-electron chi connectivity index (χ0n) is 15.5. The quantitative estimate of drug-likeness (QED) is 0.644. The number of carbonyl (C=O) groups excluding carboxylic acids is 1. The van der Waals surface area contributed by atoms with Crippen molar-refractivity contribution in [2.45, 2.75) is 0 Å². The second-order valence-electron chi connectivity index (χ2n) is 6.65. The third-order valence-electron chi connectivity index (χ3n) is 4.52. The van der Waals surface area contributed by atoms with Crippen molar-refractivity contribution < 1.29 is 22.7 Å². The second kappa shape index (κ2) is 8.46. The van der Waals surface area contributed by atoms with Gasteiger partial charge in [0.05, 0.1) is 18.4 Å². The Morgan fingerprint density at radius 3 is 2.60 bits per heavy atom. The first-order valence-electron chi connectivity index (χ1n) is 9.08. The standard InChI is InChI=1S/C20H16F3N5O2/c21-12-2-1-3-13(22)17(12)18-14(23)4-5-15(27-18)19(29)28-16-8-25-10-26-20(16)30-9-11-6-24-7-11/h1-5,8,10-11,24H,6-7,9H2,(H,28,29). The van der Waals surface area contributed by atoms with Gasteiger partial charge in [-0.15, -0.1) is 0 Å². The van der Waals surface area contributed by atoms with Crippen molar-refractivity contribution in [3.8, 4) is 17.1 Å². The van der Waals surface area contributed by atoms with E-state index in [1.165, 1.54) is 12.5 Å². The predicted octanol–water partition coefficient (Wildman–Crippen LogP) is 2.81. The van der Waals surface area contributed by atoms with Crippen LogP contribution in [0.4, 0.5) is 18.9 Å². The Balaban J connectivity index is 1.58. The van der Waals surface area contributed by atoms with Crippen LogP contribution in [0.1, 0.15) is 10.5 Å². The third-order valence-corrected chi connectivity index (χ3v) is 4.52. The van der Waals surface area contributed by atoms with E-state index >= 15 is 0 Å². The predicted molar refractivity (Wildman–Crippen MR) is 101 cm³/mol. The summed E-state index contributed by atoms with van der Waals surface area (Å²) in [5.41, 5.74) is -1.30. The molecule has 3 heterocycles. The summed E-state index contributed by atoms with van der Waals surface area (Å²) in [6.07, 6.45) is 2.62. The number of hydrogen-bond donors (Lipinski definition) is 2. The van der Waals surface area contributed by atoms with Gasteiger partial charge in [0.1, 0.15) is 40.9 Å². The van der Waals surface area contributed by atoms with Crippen molar-refractivity contribution in [3.05, 3.63) is 66.0 Å². The van der Waals surface area contributed by atoms with Gasteiger partial charge < -0.3 is 15.4 Å². The molecule has 1 fully saturated rings. The SMILES string of the molecule is O=C(Nc1cncnc1OCC1CNC1)c1ccc(F)c(-c2c(F)cccc2F)n1. The van der Waals surface area contributed by atoms with Crippen molar-refractivity contribution >= 4 is 11.6 Å². The van der Waals surface area contributed by atoms with Crippen LogP contribution in [0.5, 0.6) is 5.88 Å². The summed E-state index contributed by atoms with van der Waals surface area (Å²) in [4.78, 5) is 24.3. The number of halogens is 3. The van der Waals surface area contributed by atoms with E-state index < -0.39 is 34.6 Å². The molecule has 0 spiro atoms. The first-order chi connectivity index (χ1) is 14.5. The molecule has 30 heavy (non-hydrogen) atoms. The van der Waals surface area contributed by atoms with Crippen molar-refractivity contribution in [1.29, 1.82) is 0 Å². The van der Waals surface area contributed by atoms with Crippen LogP contribution in [0.25, 0.3) is 11.3 Å². The molecule has 0 saturated carbocycles. The van der Waals surface area contributed by atoms with Crippen molar-refractivity contribution in [1.82, 2.24) is 20.3 Å². The Hall–Kier alpha value is -3.53. The van der Waals surface area contributed by atoms with Gasteiger partial charge in [-0.1, -0.05) is 6.07 Å². The number of benzene rings is 1. The molecule has 0 atom stereocenters. The Morgan fingerprint density at radius 2 is 1.90 bits per heavy atom. The topological polar surface area (TPSA) is 89.0 Å². The van der Waals surface area contributed by atoms with E-state index in [0.29, 0.717) is 12.5 Å². The van der Waals surface area contributed by atoms with Gasteiger partial charge in [-0.3, -0.25) is 4.79 Å². The maximum Gasteiger partial charge on any atom is 0.274 e. The largest absolute Gasteiger partial charge is 0.476 e. The van der Waals surface area contributed by atoms with Crippen LogP contribution >= 0.6 is 0 Å². The molecule has 1 saturated heterocycles. The van der Waals surface area contributed by atoms with Crippen molar-refractivity contribution in [2.75, 3.05) is 25.0 Å². The zero-order chi connectivity index (χ0) is 21.1. The Kier molecular flexibility index (Phi) is 5.57. The summed E-state index contributed by atoms with van der Waals surface area (Å²) in [5, 5.41) is 5.66. The number of pyridine rings is 1. The third kappa shape index (κ3) is 4.08.